The summed E-state index contributed by atoms with van der Waals surface area (Å²) in [4.78, 5) is 4.27. The van der Waals surface area contributed by atoms with Gasteiger partial charge in [-0.3, -0.25) is 0 Å². The first kappa shape index (κ1) is 9.14. The Morgan fingerprint density at radius 3 is 2.85 bits per heavy atom. The molecule has 5 heteroatoms. The second-order valence-corrected chi connectivity index (χ2v) is 4.48. The number of hydrogen-bond donors (Lipinski definition) is 0. The third-order valence-electron chi connectivity index (χ3n) is 1.49. The zero-order chi connectivity index (χ0) is 9.26. The molecule has 0 radical (unpaired) electrons. The van der Waals surface area contributed by atoms with E-state index in [4.69, 9.17) is 0 Å². The molecule has 66 valence electrons. The van der Waals surface area contributed by atoms with Crippen molar-refractivity contribution in [3.63, 3.8) is 0 Å². The number of aromatic nitrogens is 3. The van der Waals surface area contributed by atoms with E-state index >= 15 is 0 Å². The maximum atomic E-state index is 4.27. The number of nitrogens with zero attached hydrogens (tertiary/aromatic N) is 3. The second-order valence-electron chi connectivity index (χ2n) is 2.42. The van der Waals surface area contributed by atoms with Gasteiger partial charge in [0.25, 0.3) is 0 Å². The van der Waals surface area contributed by atoms with Gasteiger partial charge in [0, 0.05) is 6.20 Å². The van der Waals surface area contributed by atoms with Crippen LogP contribution in [0.1, 0.15) is 0 Å². The minimum atomic E-state index is 0.815. The van der Waals surface area contributed by atoms with Gasteiger partial charge in [-0.05, 0) is 50.7 Å². The van der Waals surface area contributed by atoms with Crippen LogP contribution < -0.4 is 0 Å². The quantitative estimate of drug-likeness (QED) is 0.585. The average Bonchev–Trinajstić information content (AvgIpc) is 2.52. The molecule has 2 heterocycles. The van der Waals surface area contributed by atoms with E-state index in [-0.39, 0.29) is 0 Å². The zero-order valence-electron chi connectivity index (χ0n) is 6.48. The molecule has 0 bridgehead atoms. The number of rotatable bonds is 1. The van der Waals surface area contributed by atoms with Crippen molar-refractivity contribution in [1.29, 1.82) is 0 Å². The fraction of sp³-hybridized carbons (Fsp3) is 0. The summed E-state index contributed by atoms with van der Waals surface area (Å²) in [7, 11) is 0. The highest BCUT2D eigenvalue weighted by Gasteiger charge is 1.99. The molecule has 3 nitrogen and oxygen atoms in total. The molecule has 0 fully saturated rings. The highest BCUT2D eigenvalue weighted by molar-refractivity contribution is 14.1. The third-order valence-corrected chi connectivity index (χ3v) is 2.48. The van der Waals surface area contributed by atoms with Crippen molar-refractivity contribution in [2.45, 2.75) is 0 Å². The minimum absolute atomic E-state index is 0.815. The Kier molecular flexibility index (Phi) is 2.63. The lowest BCUT2D eigenvalue weighted by molar-refractivity contribution is 0.843. The van der Waals surface area contributed by atoms with Crippen LogP contribution in [-0.4, -0.2) is 14.8 Å². The molecule has 0 aromatic carbocycles. The fourth-order valence-corrected chi connectivity index (χ4v) is 1.67. The van der Waals surface area contributed by atoms with Crippen molar-refractivity contribution in [3.8, 4) is 5.82 Å². The van der Waals surface area contributed by atoms with E-state index in [0.717, 1.165) is 14.0 Å². The smallest absolute Gasteiger partial charge is 0.154 e. The van der Waals surface area contributed by atoms with E-state index in [1.54, 1.807) is 10.9 Å². The van der Waals surface area contributed by atoms with Crippen molar-refractivity contribution in [2.75, 3.05) is 0 Å². The van der Waals surface area contributed by atoms with Gasteiger partial charge in [0.15, 0.2) is 5.82 Å². The van der Waals surface area contributed by atoms with Crippen LogP contribution in [0, 0.1) is 3.57 Å². The lowest BCUT2D eigenvalue weighted by Crippen LogP contribution is -1.96. The van der Waals surface area contributed by atoms with Crippen LogP contribution in [0.5, 0.6) is 0 Å². The van der Waals surface area contributed by atoms with Crippen molar-refractivity contribution in [1.82, 2.24) is 14.8 Å². The first-order chi connectivity index (χ1) is 6.25. The van der Waals surface area contributed by atoms with Gasteiger partial charge in [-0.25, -0.2) is 9.67 Å². The van der Waals surface area contributed by atoms with Crippen LogP contribution in [0.2, 0.25) is 0 Å². The van der Waals surface area contributed by atoms with Crippen LogP contribution in [0.25, 0.3) is 5.82 Å². The van der Waals surface area contributed by atoms with Crippen LogP contribution in [0.4, 0.5) is 0 Å². The summed E-state index contributed by atoms with van der Waals surface area (Å²) >= 11 is 5.53. The largest absolute Gasteiger partial charge is 0.222 e. The van der Waals surface area contributed by atoms with Gasteiger partial charge < -0.3 is 0 Å². The molecule has 0 spiro atoms. The molecular weight excluding hydrogens is 345 g/mol. The number of hydrogen-bond acceptors (Lipinski definition) is 2. The molecule has 13 heavy (non-hydrogen) atoms. The van der Waals surface area contributed by atoms with Crippen molar-refractivity contribution in [3.05, 3.63) is 38.8 Å². The van der Waals surface area contributed by atoms with Gasteiger partial charge in [-0.1, -0.05) is 6.07 Å². The van der Waals surface area contributed by atoms with Crippen molar-refractivity contribution >= 4 is 38.5 Å². The molecule has 0 N–H and O–H groups in total. The highest BCUT2D eigenvalue weighted by atomic mass is 127. The molecule has 0 aliphatic heterocycles. The highest BCUT2D eigenvalue weighted by Crippen LogP contribution is 2.11. The van der Waals surface area contributed by atoms with Crippen LogP contribution >= 0.6 is 38.5 Å². The van der Waals surface area contributed by atoms with Crippen molar-refractivity contribution in [2.24, 2.45) is 0 Å². The standard InChI is InChI=1S/C8H5BrIN3/c9-7-2-1-3-8(12-7)13-5-6(10)4-11-13/h1-5H. The third kappa shape index (κ3) is 2.08. The summed E-state index contributed by atoms with van der Waals surface area (Å²) in [6, 6.07) is 5.73. The van der Waals surface area contributed by atoms with Gasteiger partial charge >= 0.3 is 0 Å². The lowest BCUT2D eigenvalue weighted by atomic mass is 10.5. The first-order valence-corrected chi connectivity index (χ1v) is 5.46. The molecule has 2 rings (SSSR count). The molecular formula is C8H5BrIN3. The Hall–Kier alpha value is -0.430. The molecule has 0 unspecified atom stereocenters. The summed E-state index contributed by atoms with van der Waals surface area (Å²) in [6.07, 6.45) is 3.72. The van der Waals surface area contributed by atoms with Gasteiger partial charge in [-0.2, -0.15) is 5.10 Å². The number of pyridine rings is 1. The average molecular weight is 350 g/mol. The maximum absolute atomic E-state index is 4.27. The Balaban J connectivity index is 2.46. The molecule has 0 aliphatic rings. The summed E-state index contributed by atoms with van der Waals surface area (Å²) < 4.78 is 3.65. The first-order valence-electron chi connectivity index (χ1n) is 3.59. The molecule has 2 aromatic heterocycles. The van der Waals surface area contributed by atoms with Gasteiger partial charge in [0.1, 0.15) is 4.60 Å². The predicted molar refractivity (Wildman–Crippen MR) is 61.8 cm³/mol. The minimum Gasteiger partial charge on any atom is -0.222 e. The Morgan fingerprint density at radius 2 is 2.23 bits per heavy atom. The molecule has 0 amide bonds. The molecule has 2 aromatic rings. The summed E-state index contributed by atoms with van der Waals surface area (Å²) in [5.41, 5.74) is 0. The van der Waals surface area contributed by atoms with Crippen molar-refractivity contribution < 1.29 is 0 Å². The van der Waals surface area contributed by atoms with E-state index in [1.165, 1.54) is 0 Å². The summed E-state index contributed by atoms with van der Waals surface area (Å²) in [5.74, 6) is 0.817. The van der Waals surface area contributed by atoms with E-state index in [0.29, 0.717) is 0 Å². The van der Waals surface area contributed by atoms with Crippen LogP contribution in [0.3, 0.4) is 0 Å². The SMILES string of the molecule is Brc1cccc(-n2cc(I)cn2)n1. The monoisotopic (exact) mass is 349 g/mol. The van der Waals surface area contributed by atoms with E-state index in [9.17, 15) is 0 Å². The molecule has 0 saturated heterocycles. The topological polar surface area (TPSA) is 30.7 Å². The molecule has 0 saturated carbocycles. The van der Waals surface area contributed by atoms with E-state index in [2.05, 4.69) is 48.6 Å². The Bertz CT molecular complexity index is 427. The van der Waals surface area contributed by atoms with Gasteiger partial charge in [0.2, 0.25) is 0 Å². The lowest BCUT2D eigenvalue weighted by Gasteiger charge is -1.98. The Morgan fingerprint density at radius 1 is 1.38 bits per heavy atom. The fourth-order valence-electron chi connectivity index (χ4n) is 0.951. The van der Waals surface area contributed by atoms with Gasteiger partial charge in [-0.15, -0.1) is 0 Å². The predicted octanol–water partition coefficient (Wildman–Crippen LogP) is 2.63. The molecule has 0 atom stereocenters. The Labute approximate surface area is 97.4 Å². The normalized spacial score (nSPS) is 10.3. The van der Waals surface area contributed by atoms with Crippen LogP contribution in [0.15, 0.2) is 35.2 Å². The zero-order valence-corrected chi connectivity index (χ0v) is 10.2. The van der Waals surface area contributed by atoms with Gasteiger partial charge in [0.05, 0.1) is 9.77 Å². The summed E-state index contributed by atoms with van der Waals surface area (Å²) in [6.45, 7) is 0. The second kappa shape index (κ2) is 3.75. The summed E-state index contributed by atoms with van der Waals surface area (Å²) in [5, 5.41) is 4.15. The van der Waals surface area contributed by atoms with E-state index in [1.807, 2.05) is 24.4 Å². The molecule has 0 aliphatic carbocycles. The maximum Gasteiger partial charge on any atom is 0.154 e. The number of halogens is 2. The van der Waals surface area contributed by atoms with Crippen LogP contribution in [-0.2, 0) is 0 Å². The van der Waals surface area contributed by atoms with E-state index < -0.39 is 0 Å².